The van der Waals surface area contributed by atoms with Crippen molar-refractivity contribution in [1.29, 1.82) is 0 Å². The molecule has 9 nitrogen and oxygen atoms in total. The number of aryl methyl sites for hydroxylation is 1. The van der Waals surface area contributed by atoms with Crippen LogP contribution in [0.25, 0.3) is 11.4 Å². The zero-order chi connectivity index (χ0) is 24.6. The summed E-state index contributed by atoms with van der Waals surface area (Å²) in [6, 6.07) is 9.87. The van der Waals surface area contributed by atoms with E-state index in [1.54, 1.807) is 35.7 Å². The number of ether oxygens (including phenoxy) is 2. The van der Waals surface area contributed by atoms with E-state index in [1.165, 1.54) is 19.1 Å². The third kappa shape index (κ3) is 3.77. The van der Waals surface area contributed by atoms with Crippen LogP contribution in [-0.2, 0) is 9.59 Å². The van der Waals surface area contributed by atoms with Gasteiger partial charge in [0.1, 0.15) is 11.3 Å². The molecule has 1 atom stereocenters. The number of aliphatic hydroxyl groups excluding tert-OH is 1. The normalized spacial score (nSPS) is 17.7. The number of ketones is 1. The lowest BCUT2D eigenvalue weighted by molar-refractivity contribution is -0.140. The molecule has 4 rings (SSSR count). The Morgan fingerprint density at radius 2 is 1.88 bits per heavy atom. The van der Waals surface area contributed by atoms with Crippen molar-refractivity contribution in [3.8, 4) is 11.5 Å². The molecular weight excluding hydrogens is 436 g/mol. The van der Waals surface area contributed by atoms with Crippen molar-refractivity contribution in [3.63, 3.8) is 0 Å². The van der Waals surface area contributed by atoms with Crippen LogP contribution in [0.3, 0.4) is 0 Å². The molecule has 34 heavy (non-hydrogen) atoms. The molecule has 1 aromatic carbocycles. The van der Waals surface area contributed by atoms with Crippen molar-refractivity contribution < 1.29 is 24.2 Å². The molecule has 0 spiro atoms. The molecule has 0 aliphatic carbocycles. The van der Waals surface area contributed by atoms with Crippen LogP contribution in [0.1, 0.15) is 23.0 Å². The topological polar surface area (TPSA) is 96.6 Å². The minimum absolute atomic E-state index is 0.0101. The Morgan fingerprint density at radius 1 is 1.12 bits per heavy atom. The maximum absolute atomic E-state index is 13.4. The summed E-state index contributed by atoms with van der Waals surface area (Å²) in [5.74, 6) is -0.852. The quantitative estimate of drug-likeness (QED) is 0.326. The number of pyridine rings is 1. The van der Waals surface area contributed by atoms with Gasteiger partial charge in [-0.3, -0.25) is 14.0 Å². The standard InChI is InChI=1S/C25H28N4O5/c1-15-20(28-12-7-6-11-18(28)26-15)22(30)19-21(16-9-8-10-17(33-4)24(16)34-5)29(14-13-27(2)3)25(32)23(19)31/h6-12,21,30H,13-14H2,1-5H3/b22-19+/t21-/m0/s1. The lowest BCUT2D eigenvalue weighted by Crippen LogP contribution is -2.35. The summed E-state index contributed by atoms with van der Waals surface area (Å²) in [6.07, 6.45) is 1.76. The number of para-hydroxylation sites is 1. The molecule has 0 unspecified atom stereocenters. The number of Topliss-reactive ketones (excluding diaryl/α,β-unsaturated/α-hetero) is 1. The van der Waals surface area contributed by atoms with Crippen LogP contribution in [0.2, 0.25) is 0 Å². The van der Waals surface area contributed by atoms with E-state index in [0.29, 0.717) is 40.6 Å². The van der Waals surface area contributed by atoms with Gasteiger partial charge in [-0.15, -0.1) is 0 Å². The SMILES string of the molecule is COc1cccc([C@H]2/C(=C(\O)c3c(C)nc4ccccn34)C(=O)C(=O)N2CCN(C)C)c1OC. The van der Waals surface area contributed by atoms with Crippen LogP contribution in [0.15, 0.2) is 48.2 Å². The number of nitrogens with zero attached hydrogens (tertiary/aromatic N) is 4. The minimum atomic E-state index is -0.862. The molecule has 3 aromatic rings. The fourth-order valence-electron chi connectivity index (χ4n) is 4.40. The molecule has 178 valence electrons. The second kappa shape index (κ2) is 9.18. The molecule has 3 heterocycles. The van der Waals surface area contributed by atoms with Crippen molar-refractivity contribution in [2.75, 3.05) is 41.4 Å². The van der Waals surface area contributed by atoms with Gasteiger partial charge in [-0.1, -0.05) is 18.2 Å². The molecule has 0 bridgehead atoms. The summed E-state index contributed by atoms with van der Waals surface area (Å²) in [5, 5.41) is 11.5. The number of imidazole rings is 1. The average Bonchev–Trinajstić information content (AvgIpc) is 3.29. The highest BCUT2D eigenvalue weighted by atomic mass is 16.5. The minimum Gasteiger partial charge on any atom is -0.505 e. The summed E-state index contributed by atoms with van der Waals surface area (Å²) in [5.41, 5.74) is 2.07. The number of hydrogen-bond acceptors (Lipinski definition) is 7. The van der Waals surface area contributed by atoms with Crippen molar-refractivity contribution in [3.05, 3.63) is 65.1 Å². The zero-order valence-corrected chi connectivity index (χ0v) is 19.9. The number of carbonyl (C=O) groups excluding carboxylic acids is 2. The maximum atomic E-state index is 13.4. The predicted octanol–water partition coefficient (Wildman–Crippen LogP) is 2.64. The molecule has 1 fully saturated rings. The molecule has 0 saturated carbocycles. The number of likely N-dealkylation sites (N-methyl/N-ethyl adjacent to an activating group) is 1. The molecule has 0 radical (unpaired) electrons. The number of rotatable bonds is 7. The van der Waals surface area contributed by atoms with Crippen LogP contribution in [0.5, 0.6) is 11.5 Å². The molecule has 1 aliphatic rings. The van der Waals surface area contributed by atoms with E-state index in [0.717, 1.165) is 0 Å². The van der Waals surface area contributed by atoms with Crippen molar-refractivity contribution in [1.82, 2.24) is 19.2 Å². The van der Waals surface area contributed by atoms with E-state index in [2.05, 4.69) is 4.98 Å². The van der Waals surface area contributed by atoms with Gasteiger partial charge in [0.15, 0.2) is 17.3 Å². The Balaban J connectivity index is 1.99. The Hall–Kier alpha value is -3.85. The summed E-state index contributed by atoms with van der Waals surface area (Å²) in [4.78, 5) is 34.5. The Bertz CT molecular complexity index is 1290. The number of methoxy groups -OCH3 is 2. The molecule has 1 N–H and O–H groups in total. The Morgan fingerprint density at radius 3 is 2.56 bits per heavy atom. The third-order valence-corrected chi connectivity index (χ3v) is 5.98. The number of aliphatic hydroxyl groups is 1. The summed E-state index contributed by atoms with van der Waals surface area (Å²) in [7, 11) is 6.80. The summed E-state index contributed by atoms with van der Waals surface area (Å²) >= 11 is 0. The summed E-state index contributed by atoms with van der Waals surface area (Å²) < 4.78 is 12.8. The largest absolute Gasteiger partial charge is 0.505 e. The van der Waals surface area contributed by atoms with Crippen LogP contribution in [0, 0.1) is 6.92 Å². The fraction of sp³-hybridized carbons (Fsp3) is 0.320. The van der Waals surface area contributed by atoms with E-state index in [4.69, 9.17) is 9.47 Å². The van der Waals surface area contributed by atoms with Crippen LogP contribution >= 0.6 is 0 Å². The van der Waals surface area contributed by atoms with Gasteiger partial charge in [0, 0.05) is 24.8 Å². The lowest BCUT2D eigenvalue weighted by atomic mass is 9.95. The highest BCUT2D eigenvalue weighted by molar-refractivity contribution is 6.46. The van der Waals surface area contributed by atoms with E-state index in [9.17, 15) is 14.7 Å². The number of hydrogen-bond donors (Lipinski definition) is 1. The van der Waals surface area contributed by atoms with Crippen LogP contribution < -0.4 is 9.47 Å². The summed E-state index contributed by atoms with van der Waals surface area (Å²) in [6.45, 7) is 2.57. The smallest absolute Gasteiger partial charge is 0.295 e. The first kappa shape index (κ1) is 23.3. The van der Waals surface area contributed by atoms with E-state index < -0.39 is 17.7 Å². The number of aromatic nitrogens is 2. The number of likely N-dealkylation sites (tertiary alicyclic amines) is 1. The molecule has 1 saturated heterocycles. The van der Waals surface area contributed by atoms with E-state index in [-0.39, 0.29) is 17.9 Å². The number of amides is 1. The van der Waals surface area contributed by atoms with E-state index >= 15 is 0 Å². The first-order chi connectivity index (χ1) is 16.3. The molecule has 1 amide bonds. The van der Waals surface area contributed by atoms with Gasteiger partial charge in [0.05, 0.1) is 31.5 Å². The molecular formula is C25H28N4O5. The lowest BCUT2D eigenvalue weighted by Gasteiger charge is -2.28. The van der Waals surface area contributed by atoms with Gasteiger partial charge in [-0.05, 0) is 39.2 Å². The fourth-order valence-corrected chi connectivity index (χ4v) is 4.40. The second-order valence-corrected chi connectivity index (χ2v) is 8.35. The zero-order valence-electron chi connectivity index (χ0n) is 19.9. The molecule has 1 aliphatic heterocycles. The second-order valence-electron chi connectivity index (χ2n) is 8.35. The van der Waals surface area contributed by atoms with Gasteiger partial charge in [-0.2, -0.15) is 0 Å². The average molecular weight is 465 g/mol. The van der Waals surface area contributed by atoms with Gasteiger partial charge in [-0.25, -0.2) is 4.98 Å². The first-order valence-electron chi connectivity index (χ1n) is 10.9. The Kier molecular flexibility index (Phi) is 6.30. The monoisotopic (exact) mass is 464 g/mol. The van der Waals surface area contributed by atoms with Crippen molar-refractivity contribution in [2.45, 2.75) is 13.0 Å². The van der Waals surface area contributed by atoms with Gasteiger partial charge in [0.2, 0.25) is 0 Å². The van der Waals surface area contributed by atoms with Crippen molar-refractivity contribution >= 4 is 23.1 Å². The first-order valence-corrected chi connectivity index (χ1v) is 10.9. The Labute approximate surface area is 197 Å². The third-order valence-electron chi connectivity index (χ3n) is 5.98. The highest BCUT2D eigenvalue weighted by Crippen LogP contribution is 2.45. The highest BCUT2D eigenvalue weighted by Gasteiger charge is 2.47. The van der Waals surface area contributed by atoms with Gasteiger partial charge < -0.3 is 24.4 Å². The number of fused-ring (bicyclic) bond motifs is 1. The number of carbonyl (C=O) groups is 2. The van der Waals surface area contributed by atoms with E-state index in [1.807, 2.05) is 37.2 Å². The van der Waals surface area contributed by atoms with Gasteiger partial charge >= 0.3 is 0 Å². The van der Waals surface area contributed by atoms with Crippen LogP contribution in [0.4, 0.5) is 0 Å². The molecule has 9 heteroatoms. The van der Waals surface area contributed by atoms with Crippen LogP contribution in [-0.4, -0.2) is 77.4 Å². The van der Waals surface area contributed by atoms with Gasteiger partial charge in [0.25, 0.3) is 11.7 Å². The van der Waals surface area contributed by atoms with Crippen molar-refractivity contribution in [2.24, 2.45) is 0 Å². The predicted molar refractivity (Wildman–Crippen MR) is 127 cm³/mol. The maximum Gasteiger partial charge on any atom is 0.295 e. The number of benzene rings is 1. The molecule has 2 aromatic heterocycles.